The van der Waals surface area contributed by atoms with Crippen LogP contribution >= 0.6 is 22.6 Å². The van der Waals surface area contributed by atoms with E-state index in [0.29, 0.717) is 0 Å². The number of benzene rings is 1. The normalized spacial score (nSPS) is 15.4. The first-order valence-corrected chi connectivity index (χ1v) is 5.21. The fourth-order valence-electron chi connectivity index (χ4n) is 1.35. The van der Waals surface area contributed by atoms with Gasteiger partial charge in [0.05, 0.1) is 11.4 Å². The smallest absolute Gasteiger partial charge is 0.0586 e. The van der Waals surface area contributed by atoms with Crippen LogP contribution in [0.25, 0.3) is 0 Å². The molecule has 0 saturated heterocycles. The van der Waals surface area contributed by atoms with Crippen LogP contribution in [0.5, 0.6) is 0 Å². The molecule has 0 unspecified atom stereocenters. The van der Waals surface area contributed by atoms with Gasteiger partial charge in [0.15, 0.2) is 0 Å². The van der Waals surface area contributed by atoms with Crippen LogP contribution in [0.1, 0.15) is 6.42 Å². The highest BCUT2D eigenvalue weighted by atomic mass is 127. The lowest BCUT2D eigenvalue weighted by atomic mass is 10.2. The van der Waals surface area contributed by atoms with Gasteiger partial charge in [-0.1, -0.05) is 0 Å². The fourth-order valence-corrected chi connectivity index (χ4v) is 1.84. The average Bonchev–Trinajstić information content (AvgIpc) is 2.28. The number of rotatable bonds is 0. The highest BCUT2D eigenvalue weighted by molar-refractivity contribution is 14.1. The minimum absolute atomic E-state index is 1.07. The van der Waals surface area contributed by atoms with Crippen molar-refractivity contribution in [3.63, 3.8) is 0 Å². The van der Waals surface area contributed by atoms with Gasteiger partial charge in [-0.25, -0.2) is 0 Å². The third kappa shape index (κ3) is 1.65. The van der Waals surface area contributed by atoms with Gasteiger partial charge in [-0.3, -0.25) is 0 Å². The molecule has 0 saturated carbocycles. The second-order valence-corrected chi connectivity index (χ2v) is 4.14. The quantitative estimate of drug-likeness (QED) is 0.710. The third-order valence-electron chi connectivity index (χ3n) is 1.97. The zero-order valence-electron chi connectivity index (χ0n) is 6.73. The number of hydrogen-bond donors (Lipinski definition) is 2. The number of halogens is 1. The molecule has 0 aromatic heterocycles. The molecule has 0 bridgehead atoms. The first-order chi connectivity index (χ1) is 5.86. The molecule has 0 aliphatic carbocycles. The first kappa shape index (κ1) is 8.16. The summed E-state index contributed by atoms with van der Waals surface area (Å²) in [6.07, 6.45) is 1.19. The second-order valence-electron chi connectivity index (χ2n) is 2.90. The predicted octanol–water partition coefficient (Wildman–Crippen LogP) is 2.52. The van der Waals surface area contributed by atoms with Crippen molar-refractivity contribution in [2.24, 2.45) is 0 Å². The summed E-state index contributed by atoms with van der Waals surface area (Å²) in [6.45, 7) is 2.14. The van der Waals surface area contributed by atoms with Crippen molar-refractivity contribution in [3.8, 4) is 0 Å². The van der Waals surface area contributed by atoms with Crippen molar-refractivity contribution in [2.75, 3.05) is 23.7 Å². The van der Waals surface area contributed by atoms with Crippen LogP contribution < -0.4 is 10.6 Å². The maximum absolute atomic E-state index is 3.40. The minimum Gasteiger partial charge on any atom is -0.383 e. The standard InChI is InChI=1S/C9H11IN2/c10-7-2-3-8-9(6-7)12-5-1-4-11-8/h2-3,6,11-12H,1,4-5H2. The first-order valence-electron chi connectivity index (χ1n) is 4.13. The predicted molar refractivity (Wildman–Crippen MR) is 60.8 cm³/mol. The van der Waals surface area contributed by atoms with Crippen LogP contribution in [0.3, 0.4) is 0 Å². The van der Waals surface area contributed by atoms with Crippen molar-refractivity contribution in [3.05, 3.63) is 21.8 Å². The van der Waals surface area contributed by atoms with E-state index in [2.05, 4.69) is 51.4 Å². The van der Waals surface area contributed by atoms with Gasteiger partial charge in [0.25, 0.3) is 0 Å². The summed E-state index contributed by atoms with van der Waals surface area (Å²) in [6, 6.07) is 6.43. The molecule has 1 aliphatic heterocycles. The minimum atomic E-state index is 1.07. The van der Waals surface area contributed by atoms with Gasteiger partial charge in [0.1, 0.15) is 0 Å². The van der Waals surface area contributed by atoms with Gasteiger partial charge < -0.3 is 10.6 Å². The Morgan fingerprint density at radius 2 is 1.83 bits per heavy atom. The average molecular weight is 274 g/mol. The molecule has 2 nitrogen and oxygen atoms in total. The van der Waals surface area contributed by atoms with E-state index >= 15 is 0 Å². The summed E-state index contributed by atoms with van der Waals surface area (Å²) in [5.41, 5.74) is 2.47. The molecule has 0 atom stereocenters. The largest absolute Gasteiger partial charge is 0.383 e. The molecule has 2 rings (SSSR count). The number of fused-ring (bicyclic) bond motifs is 1. The Kier molecular flexibility index (Phi) is 2.39. The van der Waals surface area contributed by atoms with Crippen LogP contribution in [-0.2, 0) is 0 Å². The summed E-state index contributed by atoms with van der Waals surface area (Å²) in [7, 11) is 0. The van der Waals surface area contributed by atoms with Gasteiger partial charge in [-0.05, 0) is 47.2 Å². The molecule has 0 radical (unpaired) electrons. The van der Waals surface area contributed by atoms with Gasteiger partial charge in [-0.2, -0.15) is 0 Å². The van der Waals surface area contributed by atoms with Crippen LogP contribution in [0.4, 0.5) is 11.4 Å². The highest BCUT2D eigenvalue weighted by Gasteiger charge is 2.05. The molecular formula is C9H11IN2. The summed E-state index contributed by atoms with van der Waals surface area (Å²) in [4.78, 5) is 0. The molecule has 1 aromatic carbocycles. The van der Waals surface area contributed by atoms with E-state index in [1.165, 1.54) is 21.4 Å². The Morgan fingerprint density at radius 3 is 2.67 bits per heavy atom. The maximum Gasteiger partial charge on any atom is 0.0586 e. The Bertz CT molecular complexity index is 286. The Balaban J connectivity index is 2.36. The lowest BCUT2D eigenvalue weighted by Crippen LogP contribution is -2.01. The van der Waals surface area contributed by atoms with Gasteiger partial charge in [0.2, 0.25) is 0 Å². The van der Waals surface area contributed by atoms with Crippen LogP contribution in [0.15, 0.2) is 18.2 Å². The van der Waals surface area contributed by atoms with Gasteiger partial charge in [-0.15, -0.1) is 0 Å². The maximum atomic E-state index is 3.40. The van der Waals surface area contributed by atoms with E-state index in [4.69, 9.17) is 0 Å². The molecule has 64 valence electrons. The zero-order valence-corrected chi connectivity index (χ0v) is 8.89. The fraction of sp³-hybridized carbons (Fsp3) is 0.333. The molecule has 12 heavy (non-hydrogen) atoms. The Labute approximate surface area is 85.9 Å². The molecule has 0 fully saturated rings. The second kappa shape index (κ2) is 3.51. The molecule has 0 spiro atoms. The summed E-state index contributed by atoms with van der Waals surface area (Å²) in [5, 5.41) is 6.79. The number of nitrogens with one attached hydrogen (secondary N) is 2. The summed E-state index contributed by atoms with van der Waals surface area (Å²) >= 11 is 2.33. The molecule has 3 heteroatoms. The van der Waals surface area contributed by atoms with E-state index in [9.17, 15) is 0 Å². The lowest BCUT2D eigenvalue weighted by Gasteiger charge is -2.07. The van der Waals surface area contributed by atoms with Crippen LogP contribution in [0, 0.1) is 3.57 Å². The molecular weight excluding hydrogens is 263 g/mol. The Morgan fingerprint density at radius 1 is 1.08 bits per heavy atom. The highest BCUT2D eigenvalue weighted by Crippen LogP contribution is 2.25. The monoisotopic (exact) mass is 274 g/mol. The van der Waals surface area contributed by atoms with E-state index in [1.807, 2.05) is 0 Å². The van der Waals surface area contributed by atoms with Crippen molar-refractivity contribution in [1.29, 1.82) is 0 Å². The van der Waals surface area contributed by atoms with Crippen molar-refractivity contribution in [1.82, 2.24) is 0 Å². The van der Waals surface area contributed by atoms with Crippen molar-refractivity contribution in [2.45, 2.75) is 6.42 Å². The van der Waals surface area contributed by atoms with E-state index in [-0.39, 0.29) is 0 Å². The van der Waals surface area contributed by atoms with Crippen molar-refractivity contribution < 1.29 is 0 Å². The van der Waals surface area contributed by atoms with E-state index < -0.39 is 0 Å². The molecule has 1 aliphatic rings. The molecule has 0 amide bonds. The SMILES string of the molecule is Ic1ccc2c(c1)NCCCN2. The third-order valence-corrected chi connectivity index (χ3v) is 2.64. The number of hydrogen-bond acceptors (Lipinski definition) is 2. The molecule has 2 N–H and O–H groups in total. The van der Waals surface area contributed by atoms with Crippen molar-refractivity contribution >= 4 is 34.0 Å². The van der Waals surface area contributed by atoms with Crippen LogP contribution in [-0.4, -0.2) is 13.1 Å². The molecule has 1 heterocycles. The van der Waals surface area contributed by atoms with Gasteiger partial charge in [0, 0.05) is 16.7 Å². The van der Waals surface area contributed by atoms with E-state index in [1.54, 1.807) is 0 Å². The zero-order chi connectivity index (χ0) is 8.39. The topological polar surface area (TPSA) is 24.1 Å². The van der Waals surface area contributed by atoms with Gasteiger partial charge >= 0.3 is 0 Å². The molecule has 1 aromatic rings. The number of anilines is 2. The Hall–Kier alpha value is -0.450. The van der Waals surface area contributed by atoms with E-state index in [0.717, 1.165) is 13.1 Å². The lowest BCUT2D eigenvalue weighted by molar-refractivity contribution is 0.928. The summed E-state index contributed by atoms with van der Waals surface area (Å²) < 4.78 is 1.28. The van der Waals surface area contributed by atoms with Crippen LogP contribution in [0.2, 0.25) is 0 Å². The summed E-state index contributed by atoms with van der Waals surface area (Å²) in [5.74, 6) is 0.